The second-order valence-electron chi connectivity index (χ2n) is 26.5. The summed E-state index contributed by atoms with van der Waals surface area (Å²) in [4.78, 5) is 38.6. The number of carbonyl (C=O) groups excluding carboxylic acids is 2. The van der Waals surface area contributed by atoms with Crippen LogP contribution in [-0.4, -0.2) is 215 Å². The normalized spacial score (nSPS) is 28.3. The number of carboxylic acids is 1. The zero-order valence-electron chi connectivity index (χ0n) is 56.4. The van der Waals surface area contributed by atoms with E-state index in [1.807, 2.05) is 6.08 Å². The molecule has 540 valence electrons. The molecule has 2 amide bonds. The van der Waals surface area contributed by atoms with Crippen molar-refractivity contribution in [3.05, 3.63) is 12.2 Å². The van der Waals surface area contributed by atoms with Crippen LogP contribution in [0.2, 0.25) is 0 Å². The smallest absolute Gasteiger partial charge is 0.364 e. The molecule has 92 heavy (non-hydrogen) atoms. The second-order valence-corrected chi connectivity index (χ2v) is 26.5. The number of hydrogen-bond acceptors (Lipinski definition) is 20. The van der Waals surface area contributed by atoms with E-state index in [0.29, 0.717) is 12.8 Å². The van der Waals surface area contributed by atoms with Crippen LogP contribution in [0.5, 0.6) is 0 Å². The third kappa shape index (κ3) is 31.8. The van der Waals surface area contributed by atoms with E-state index in [9.17, 15) is 75.7 Å². The van der Waals surface area contributed by atoms with E-state index in [-0.39, 0.29) is 12.3 Å². The molecule has 23 nitrogen and oxygen atoms in total. The van der Waals surface area contributed by atoms with Crippen LogP contribution < -0.4 is 10.6 Å². The molecule has 0 aromatic heterocycles. The number of unbranched alkanes of at least 4 members (excludes halogenated alkanes) is 35. The number of aliphatic carboxylic acids is 1. The number of amides is 2. The largest absolute Gasteiger partial charge is 0.477 e. The van der Waals surface area contributed by atoms with E-state index >= 15 is 0 Å². The average molecular weight is 1320 g/mol. The zero-order chi connectivity index (χ0) is 67.5. The van der Waals surface area contributed by atoms with Crippen LogP contribution in [0.4, 0.5) is 0 Å². The molecular formula is C69H128N2O21. The number of hydrogen-bond donors (Lipinski definition) is 14. The molecule has 0 aromatic rings. The highest BCUT2D eigenvalue weighted by Gasteiger charge is 2.60. The minimum Gasteiger partial charge on any atom is -0.477 e. The fraction of sp³-hybridized carbons (Fsp3) is 0.928. The Labute approximate surface area is 550 Å². The van der Waals surface area contributed by atoms with Gasteiger partial charge in [-0.05, 0) is 19.3 Å². The fourth-order valence-corrected chi connectivity index (χ4v) is 12.7. The monoisotopic (exact) mass is 1320 g/mol. The van der Waals surface area contributed by atoms with Gasteiger partial charge < -0.3 is 100 Å². The van der Waals surface area contributed by atoms with Crippen molar-refractivity contribution in [2.45, 2.75) is 381 Å². The summed E-state index contributed by atoms with van der Waals surface area (Å²) in [5.41, 5.74) is 0. The molecule has 3 aliphatic heterocycles. The van der Waals surface area contributed by atoms with Gasteiger partial charge in [0.25, 0.3) is 5.79 Å². The Morgan fingerprint density at radius 1 is 0.565 bits per heavy atom. The molecule has 0 spiro atoms. The summed E-state index contributed by atoms with van der Waals surface area (Å²) < 4.78 is 34.8. The first-order chi connectivity index (χ1) is 44.4. The summed E-state index contributed by atoms with van der Waals surface area (Å²) in [7, 11) is 0. The molecule has 0 aliphatic carbocycles. The Kier molecular flexibility index (Phi) is 45.4. The highest BCUT2D eigenvalue weighted by Crippen LogP contribution is 2.39. The van der Waals surface area contributed by atoms with Crippen molar-refractivity contribution in [3.63, 3.8) is 0 Å². The number of aliphatic hydroxyl groups excluding tert-OH is 11. The van der Waals surface area contributed by atoms with Gasteiger partial charge in [0.15, 0.2) is 12.6 Å². The van der Waals surface area contributed by atoms with E-state index in [1.54, 1.807) is 6.08 Å². The Hall–Kier alpha value is -2.53. The molecule has 18 atom stereocenters. The molecule has 0 radical (unpaired) electrons. The maximum Gasteiger partial charge on any atom is 0.364 e. The SMILES string of the molecule is CCCCCCCCCCCCCCCCCCCC/C=C/C(O)C(COC1OC(CO)C(OC2OC(CO)C(O)C(OC3(C(=O)O)CC(O)C(NC(C)=O)C(C(O)C(O)CO)O3)C2O)C(O)C1O)NC(=O)CCCCCCCCCCCCCCCCCCCC. The van der Waals surface area contributed by atoms with Crippen molar-refractivity contribution in [3.8, 4) is 0 Å². The molecule has 3 aliphatic rings. The second kappa shape index (κ2) is 49.9. The van der Waals surface area contributed by atoms with Gasteiger partial charge in [-0.25, -0.2) is 4.79 Å². The van der Waals surface area contributed by atoms with Gasteiger partial charge >= 0.3 is 5.97 Å². The lowest BCUT2D eigenvalue weighted by Gasteiger charge is -2.50. The standard InChI is InChI=1S/C69H128N2O21/c1-4-6-8-10-12-14-16-18-20-22-24-25-26-28-30-32-34-36-38-40-42-51(76)50(71-56(79)43-41-39-37-35-33-31-29-27-23-21-19-17-15-13-11-9-7-5-2)48-87-66-61(83)60(82)63(55(47-74)89-66)90-67-62(84)65(59(81)54(46-73)88-67)92-69(68(85)86)44-52(77)57(70-49(3)75)64(91-69)58(80)53(78)45-72/h40,42,50-55,57-67,72-74,76-78,80-84H,4-39,41,43-48H2,1-3H3,(H,70,75)(H,71,79)(H,85,86)/b42-40+. The third-order valence-electron chi connectivity index (χ3n) is 18.5. The minimum atomic E-state index is -3.08. The van der Waals surface area contributed by atoms with Crippen LogP contribution in [-0.2, 0) is 42.8 Å². The molecular weight excluding hydrogens is 1190 g/mol. The summed E-state index contributed by atoms with van der Waals surface area (Å²) in [6.45, 7) is 2.17. The van der Waals surface area contributed by atoms with Crippen molar-refractivity contribution >= 4 is 17.8 Å². The third-order valence-corrected chi connectivity index (χ3v) is 18.5. The van der Waals surface area contributed by atoms with Crippen LogP contribution in [0, 0.1) is 0 Å². The number of carbonyl (C=O) groups is 3. The zero-order valence-corrected chi connectivity index (χ0v) is 56.4. The number of aliphatic hydroxyl groups is 11. The Morgan fingerprint density at radius 3 is 1.45 bits per heavy atom. The van der Waals surface area contributed by atoms with Gasteiger partial charge in [-0.15, -0.1) is 0 Å². The highest BCUT2D eigenvalue weighted by molar-refractivity contribution is 5.77. The highest BCUT2D eigenvalue weighted by atomic mass is 16.8. The summed E-state index contributed by atoms with van der Waals surface area (Å²) in [5.74, 6) is -6.13. The van der Waals surface area contributed by atoms with Gasteiger partial charge in [0, 0.05) is 19.8 Å². The first-order valence-corrected chi connectivity index (χ1v) is 36.1. The van der Waals surface area contributed by atoms with Crippen LogP contribution in [0.1, 0.15) is 271 Å². The summed E-state index contributed by atoms with van der Waals surface area (Å²) in [6, 6.07) is -2.61. The average Bonchev–Trinajstić information content (AvgIpc) is 0.767. The van der Waals surface area contributed by atoms with Crippen molar-refractivity contribution in [1.82, 2.24) is 10.6 Å². The molecule has 0 aromatic carbocycles. The molecule has 0 saturated carbocycles. The van der Waals surface area contributed by atoms with Crippen LogP contribution >= 0.6 is 0 Å². The number of ether oxygens (including phenoxy) is 6. The molecule has 3 rings (SSSR count). The summed E-state index contributed by atoms with van der Waals surface area (Å²) in [5, 5.41) is 136. The van der Waals surface area contributed by atoms with Gasteiger partial charge in [0.05, 0.1) is 50.7 Å². The first kappa shape index (κ1) is 83.7. The molecule has 23 heteroatoms. The van der Waals surface area contributed by atoms with Crippen molar-refractivity contribution in [2.24, 2.45) is 0 Å². The molecule has 3 heterocycles. The van der Waals surface area contributed by atoms with E-state index < -0.39 is 155 Å². The summed E-state index contributed by atoms with van der Waals surface area (Å²) >= 11 is 0. The molecule has 14 N–H and O–H groups in total. The van der Waals surface area contributed by atoms with Gasteiger partial charge in [-0.1, -0.05) is 244 Å². The van der Waals surface area contributed by atoms with E-state index in [1.165, 1.54) is 180 Å². The van der Waals surface area contributed by atoms with Gasteiger partial charge in [0.2, 0.25) is 11.8 Å². The lowest BCUT2D eigenvalue weighted by atomic mass is 9.88. The fourth-order valence-electron chi connectivity index (χ4n) is 12.7. The van der Waals surface area contributed by atoms with E-state index in [2.05, 4.69) is 24.5 Å². The Morgan fingerprint density at radius 2 is 1.01 bits per heavy atom. The van der Waals surface area contributed by atoms with Crippen molar-refractivity contribution in [2.75, 3.05) is 26.4 Å². The van der Waals surface area contributed by atoms with E-state index in [4.69, 9.17) is 28.4 Å². The van der Waals surface area contributed by atoms with E-state index in [0.717, 1.165) is 51.9 Å². The minimum absolute atomic E-state index is 0.205. The van der Waals surface area contributed by atoms with Gasteiger partial charge in [-0.2, -0.15) is 0 Å². The van der Waals surface area contributed by atoms with Gasteiger partial charge in [0.1, 0.15) is 67.1 Å². The van der Waals surface area contributed by atoms with Crippen LogP contribution in [0.15, 0.2) is 12.2 Å². The number of allylic oxidation sites excluding steroid dienone is 1. The van der Waals surface area contributed by atoms with Crippen molar-refractivity contribution in [1.29, 1.82) is 0 Å². The molecule has 3 fully saturated rings. The van der Waals surface area contributed by atoms with Gasteiger partial charge in [-0.3, -0.25) is 9.59 Å². The molecule has 18 unspecified atom stereocenters. The Bertz CT molecular complexity index is 1910. The quantitative estimate of drug-likeness (QED) is 0.0214. The summed E-state index contributed by atoms with van der Waals surface area (Å²) in [6.07, 6.45) is 19.6. The maximum absolute atomic E-state index is 13.5. The predicted octanol–water partition coefficient (Wildman–Crippen LogP) is 7.07. The first-order valence-electron chi connectivity index (χ1n) is 36.1. The number of nitrogens with one attached hydrogen (secondary N) is 2. The maximum atomic E-state index is 13.5. The molecule has 3 saturated heterocycles. The number of carboxylic acid groups (broad SMARTS) is 1. The van der Waals surface area contributed by atoms with Crippen LogP contribution in [0.3, 0.4) is 0 Å². The molecule has 0 bridgehead atoms. The lowest BCUT2D eigenvalue weighted by molar-refractivity contribution is -0.386. The topological polar surface area (TPSA) is 373 Å². The van der Waals surface area contributed by atoms with Crippen LogP contribution in [0.25, 0.3) is 0 Å². The number of rotatable bonds is 55. The van der Waals surface area contributed by atoms with Crippen molar-refractivity contribution < 1.29 is 104 Å². The predicted molar refractivity (Wildman–Crippen MR) is 348 cm³/mol. The Balaban J connectivity index is 1.59. The lowest BCUT2D eigenvalue weighted by Crippen LogP contribution is -2.70.